The van der Waals surface area contributed by atoms with Crippen molar-refractivity contribution in [3.8, 4) is 0 Å². The molecule has 126 valence electrons. The molecule has 0 aromatic carbocycles. The topological polar surface area (TPSA) is 40.5 Å². The molecule has 3 heteroatoms. The zero-order valence-corrected chi connectivity index (χ0v) is 16.1. The molecule has 0 spiro atoms. The first-order valence-electron chi connectivity index (χ1n) is 9.36. The van der Waals surface area contributed by atoms with Crippen molar-refractivity contribution in [1.82, 2.24) is 0 Å². The normalized spacial score (nSPS) is 61.2. The summed E-state index contributed by atoms with van der Waals surface area (Å²) in [5.74, 6) is 3.13. The summed E-state index contributed by atoms with van der Waals surface area (Å²) < 4.78 is 0.449. The van der Waals surface area contributed by atoms with Crippen molar-refractivity contribution in [3.63, 3.8) is 0 Å². The maximum Gasteiger partial charge on any atom is 0.0714 e. The Morgan fingerprint density at radius 2 is 1.59 bits per heavy atom. The van der Waals surface area contributed by atoms with Gasteiger partial charge in [-0.1, -0.05) is 36.4 Å². The second kappa shape index (κ2) is 5.32. The number of halogens is 1. The van der Waals surface area contributed by atoms with Crippen molar-refractivity contribution < 1.29 is 10.2 Å². The van der Waals surface area contributed by atoms with Crippen LogP contribution in [0.4, 0.5) is 0 Å². The van der Waals surface area contributed by atoms with Crippen molar-refractivity contribution in [2.75, 3.05) is 0 Å². The van der Waals surface area contributed by atoms with Gasteiger partial charge in [0, 0.05) is 3.92 Å². The van der Waals surface area contributed by atoms with Crippen molar-refractivity contribution in [1.29, 1.82) is 0 Å². The third-order valence-electron chi connectivity index (χ3n) is 8.57. The smallest absolute Gasteiger partial charge is 0.0714 e. The predicted octanol–water partition coefficient (Wildman–Crippen LogP) is 4.16. The summed E-state index contributed by atoms with van der Waals surface area (Å²) >= 11 is 2.50. The number of hydrogen-bond donors (Lipinski definition) is 2. The Labute approximate surface area is 148 Å². The predicted molar refractivity (Wildman–Crippen MR) is 96.9 cm³/mol. The summed E-state index contributed by atoms with van der Waals surface area (Å²) in [4.78, 5) is 0. The molecule has 0 aromatic rings. The van der Waals surface area contributed by atoms with Gasteiger partial charge in [-0.15, -0.1) is 0 Å². The molecule has 0 radical (unpaired) electrons. The maximum absolute atomic E-state index is 10.7. The van der Waals surface area contributed by atoms with E-state index in [4.69, 9.17) is 0 Å². The van der Waals surface area contributed by atoms with Gasteiger partial charge in [-0.3, -0.25) is 0 Å². The summed E-state index contributed by atoms with van der Waals surface area (Å²) in [6.07, 6.45) is 9.52. The van der Waals surface area contributed by atoms with Crippen LogP contribution in [0.2, 0.25) is 0 Å². The van der Waals surface area contributed by atoms with E-state index in [9.17, 15) is 10.2 Å². The Hall–Kier alpha value is 0.650. The van der Waals surface area contributed by atoms with Crippen molar-refractivity contribution in [3.05, 3.63) is 0 Å². The van der Waals surface area contributed by atoms with Gasteiger partial charge in [-0.05, 0) is 85.9 Å². The van der Waals surface area contributed by atoms with E-state index in [1.54, 1.807) is 0 Å². The summed E-state index contributed by atoms with van der Waals surface area (Å²) in [7, 11) is 0. The lowest BCUT2D eigenvalue weighted by Gasteiger charge is -2.60. The summed E-state index contributed by atoms with van der Waals surface area (Å²) in [5.41, 5.74) is 0.627. The highest BCUT2D eigenvalue weighted by atomic mass is 127. The molecule has 22 heavy (non-hydrogen) atoms. The maximum atomic E-state index is 10.7. The fourth-order valence-corrected chi connectivity index (χ4v) is 8.55. The van der Waals surface area contributed by atoms with Crippen LogP contribution in [0.25, 0.3) is 0 Å². The molecule has 0 heterocycles. The third-order valence-corrected chi connectivity index (χ3v) is 9.76. The van der Waals surface area contributed by atoms with Crippen LogP contribution in [0.15, 0.2) is 0 Å². The van der Waals surface area contributed by atoms with E-state index >= 15 is 0 Å². The van der Waals surface area contributed by atoms with Crippen molar-refractivity contribution in [2.45, 2.75) is 81.3 Å². The first kappa shape index (κ1) is 16.1. The number of alkyl halides is 1. The molecule has 4 aliphatic rings. The van der Waals surface area contributed by atoms with E-state index in [0.717, 1.165) is 36.5 Å². The lowest BCUT2D eigenvalue weighted by Crippen LogP contribution is -2.54. The molecular weight excluding hydrogens is 387 g/mol. The van der Waals surface area contributed by atoms with E-state index in [1.165, 1.54) is 38.5 Å². The molecule has 4 saturated carbocycles. The Morgan fingerprint density at radius 3 is 2.36 bits per heavy atom. The van der Waals surface area contributed by atoms with Crippen LogP contribution >= 0.6 is 22.6 Å². The first-order valence-corrected chi connectivity index (χ1v) is 10.6. The van der Waals surface area contributed by atoms with Crippen LogP contribution in [0.3, 0.4) is 0 Å². The number of aliphatic hydroxyl groups is 2. The quantitative estimate of drug-likeness (QED) is 0.458. The van der Waals surface area contributed by atoms with Crippen LogP contribution in [0, 0.1) is 34.5 Å². The zero-order valence-electron chi connectivity index (χ0n) is 14.0. The average molecular weight is 418 g/mol. The largest absolute Gasteiger partial charge is 0.393 e. The van der Waals surface area contributed by atoms with Gasteiger partial charge in [-0.2, -0.15) is 0 Å². The van der Waals surface area contributed by atoms with E-state index in [2.05, 4.69) is 36.4 Å². The molecule has 2 nitrogen and oxygen atoms in total. The Bertz CT molecular complexity index is 455. The molecule has 4 aliphatic carbocycles. The standard InChI is InChI=1S/C19H31IO2/c1-18-7-5-12(21)9-11(18)3-4-13-14(18)6-8-19(2)15(13)10-16(20)17(19)22/h11-17,21-22H,3-10H2,1-2H3/t11?,12?,13-,14-,15+,16?,17?,18+,19+/m1/s1. The van der Waals surface area contributed by atoms with Gasteiger partial charge in [0.15, 0.2) is 0 Å². The van der Waals surface area contributed by atoms with E-state index < -0.39 is 0 Å². The molecule has 0 saturated heterocycles. The van der Waals surface area contributed by atoms with Crippen LogP contribution in [-0.4, -0.2) is 26.3 Å². The van der Waals surface area contributed by atoms with Crippen molar-refractivity contribution >= 4 is 22.6 Å². The highest BCUT2D eigenvalue weighted by Gasteiger charge is 2.61. The number of aliphatic hydroxyl groups excluding tert-OH is 2. The fourth-order valence-electron chi connectivity index (χ4n) is 7.18. The Kier molecular flexibility index (Phi) is 3.90. The van der Waals surface area contributed by atoms with Gasteiger partial charge in [0.1, 0.15) is 0 Å². The third kappa shape index (κ3) is 2.10. The summed E-state index contributed by atoms with van der Waals surface area (Å²) in [6.45, 7) is 4.91. The summed E-state index contributed by atoms with van der Waals surface area (Å²) in [5, 5.41) is 20.8. The van der Waals surface area contributed by atoms with Gasteiger partial charge >= 0.3 is 0 Å². The lowest BCUT2D eigenvalue weighted by molar-refractivity contribution is -0.133. The number of hydrogen-bond acceptors (Lipinski definition) is 2. The zero-order chi connectivity index (χ0) is 15.7. The van der Waals surface area contributed by atoms with Gasteiger partial charge in [0.25, 0.3) is 0 Å². The number of rotatable bonds is 0. The molecule has 9 atom stereocenters. The molecular formula is C19H31IO2. The molecule has 0 aliphatic heterocycles. The number of fused-ring (bicyclic) bond motifs is 5. The molecule has 2 N–H and O–H groups in total. The lowest BCUT2D eigenvalue weighted by atomic mass is 9.45. The molecule has 0 amide bonds. The molecule has 0 bridgehead atoms. The second-order valence-electron chi connectivity index (χ2n) is 9.33. The highest BCUT2D eigenvalue weighted by molar-refractivity contribution is 14.1. The second-order valence-corrected chi connectivity index (χ2v) is 10.9. The van der Waals surface area contributed by atoms with Gasteiger partial charge < -0.3 is 10.2 Å². The Balaban J connectivity index is 1.63. The minimum atomic E-state index is -0.0993. The molecule has 0 aromatic heterocycles. The monoisotopic (exact) mass is 418 g/mol. The van der Waals surface area contributed by atoms with E-state index in [1.807, 2.05) is 0 Å². The van der Waals surface area contributed by atoms with Crippen LogP contribution in [0.1, 0.15) is 65.2 Å². The molecule has 4 fully saturated rings. The fraction of sp³-hybridized carbons (Fsp3) is 1.00. The summed E-state index contributed by atoms with van der Waals surface area (Å²) in [6, 6.07) is 0. The van der Waals surface area contributed by atoms with Gasteiger partial charge in [-0.25, -0.2) is 0 Å². The van der Waals surface area contributed by atoms with Gasteiger partial charge in [0.05, 0.1) is 12.2 Å². The van der Waals surface area contributed by atoms with E-state index in [0.29, 0.717) is 9.34 Å². The molecule has 4 rings (SSSR count). The minimum absolute atomic E-state index is 0.0458. The van der Waals surface area contributed by atoms with Gasteiger partial charge in [0.2, 0.25) is 0 Å². The van der Waals surface area contributed by atoms with Crippen LogP contribution in [-0.2, 0) is 0 Å². The Morgan fingerprint density at radius 1 is 0.864 bits per heavy atom. The van der Waals surface area contributed by atoms with Crippen LogP contribution < -0.4 is 0 Å². The van der Waals surface area contributed by atoms with E-state index in [-0.39, 0.29) is 17.6 Å². The molecule has 4 unspecified atom stereocenters. The SMILES string of the molecule is C[C@]12CCC(O)CC1CC[C@@H]1[C@H]2CC[C@]2(C)C(O)C(I)C[C@@H]12. The minimum Gasteiger partial charge on any atom is -0.393 e. The highest BCUT2D eigenvalue weighted by Crippen LogP contribution is 2.66. The van der Waals surface area contributed by atoms with Crippen molar-refractivity contribution in [2.24, 2.45) is 34.5 Å². The first-order chi connectivity index (χ1) is 10.4. The van der Waals surface area contributed by atoms with Crippen LogP contribution in [0.5, 0.6) is 0 Å². The average Bonchev–Trinajstić information content (AvgIpc) is 2.72.